The molecule has 180 valence electrons. The summed E-state index contributed by atoms with van der Waals surface area (Å²) in [6, 6.07) is -1.51. The molecule has 0 saturated heterocycles. The van der Waals surface area contributed by atoms with E-state index in [1.165, 1.54) is 0 Å². The van der Waals surface area contributed by atoms with Crippen LogP contribution in [-0.2, 0) is 24.5 Å². The minimum atomic E-state index is -7.30. The Kier molecular flexibility index (Phi) is 6.56. The fourth-order valence-corrected chi connectivity index (χ4v) is 4.69. The Morgan fingerprint density at radius 1 is 0.906 bits per heavy atom. The molecular weight excluding hydrogens is 517 g/mol. The van der Waals surface area contributed by atoms with E-state index in [0.717, 1.165) is 0 Å². The molecule has 0 unspecified atom stereocenters. The first kappa shape index (κ1) is 26.9. The monoisotopic (exact) mass is 522 g/mol. The summed E-state index contributed by atoms with van der Waals surface area (Å²) in [5, 5.41) is 23.6. The average molecular weight is 522 g/mol. The fraction of sp³-hybridized carbons (Fsp3) is 0.364. The molecular formula is C11H5F7N2O10S2. The molecule has 0 radical (unpaired) electrons. The van der Waals surface area contributed by atoms with Crippen LogP contribution in [0.15, 0.2) is 21.9 Å². The Labute approximate surface area is 170 Å². The van der Waals surface area contributed by atoms with E-state index in [-0.39, 0.29) is 0 Å². The zero-order valence-corrected chi connectivity index (χ0v) is 16.0. The number of carboxylic acids is 1. The second kappa shape index (κ2) is 7.79. The van der Waals surface area contributed by atoms with Crippen molar-refractivity contribution in [3.05, 3.63) is 32.4 Å². The molecule has 1 aromatic rings. The molecule has 1 aromatic carbocycles. The van der Waals surface area contributed by atoms with E-state index < -0.39 is 91.9 Å². The van der Waals surface area contributed by atoms with Crippen molar-refractivity contribution >= 4 is 37.0 Å². The standard InChI is InChI=1S/C11H5F7N2O10S2/c12-9(13,10(14,15)16)11(17,18)32(29,30)4-1-5(19(23)24)8(6(2-4)20(25)26)31(27,28)3-7(21)22/h1-2H,3H2,(H,21,22). The molecule has 0 aliphatic rings. The second-order valence-corrected chi connectivity index (χ2v) is 9.47. The van der Waals surface area contributed by atoms with Crippen LogP contribution in [0.4, 0.5) is 42.1 Å². The van der Waals surface area contributed by atoms with Gasteiger partial charge in [-0.15, -0.1) is 0 Å². The normalized spacial score (nSPS) is 13.6. The van der Waals surface area contributed by atoms with Crippen LogP contribution >= 0.6 is 0 Å². The molecule has 0 fully saturated rings. The maximum absolute atomic E-state index is 13.7. The molecule has 1 N–H and O–H groups in total. The van der Waals surface area contributed by atoms with Crippen molar-refractivity contribution in [1.29, 1.82) is 0 Å². The van der Waals surface area contributed by atoms with Gasteiger partial charge < -0.3 is 5.11 Å². The first-order valence-corrected chi connectivity index (χ1v) is 10.1. The number of hydrogen-bond donors (Lipinski definition) is 1. The second-order valence-electron chi connectivity index (χ2n) is 5.55. The van der Waals surface area contributed by atoms with Gasteiger partial charge in [0.1, 0.15) is 0 Å². The van der Waals surface area contributed by atoms with Crippen LogP contribution in [0.25, 0.3) is 0 Å². The van der Waals surface area contributed by atoms with Gasteiger partial charge in [0.25, 0.3) is 21.2 Å². The molecule has 0 aliphatic heterocycles. The van der Waals surface area contributed by atoms with Crippen molar-refractivity contribution in [3.63, 3.8) is 0 Å². The summed E-state index contributed by atoms with van der Waals surface area (Å²) in [6.07, 6.45) is -7.17. The number of benzene rings is 1. The zero-order valence-electron chi connectivity index (χ0n) is 14.3. The van der Waals surface area contributed by atoms with Crippen LogP contribution in [0.1, 0.15) is 0 Å². The van der Waals surface area contributed by atoms with Gasteiger partial charge in [-0.25, -0.2) is 16.8 Å². The van der Waals surface area contributed by atoms with Crippen molar-refractivity contribution in [2.75, 3.05) is 5.75 Å². The van der Waals surface area contributed by atoms with Gasteiger partial charge >= 0.3 is 23.3 Å². The smallest absolute Gasteiger partial charge is 0.461 e. The molecule has 0 aliphatic carbocycles. The number of carbonyl (C=O) groups is 1. The lowest BCUT2D eigenvalue weighted by Crippen LogP contribution is -2.55. The van der Waals surface area contributed by atoms with Crippen molar-refractivity contribution in [1.82, 2.24) is 0 Å². The van der Waals surface area contributed by atoms with Gasteiger partial charge in [0.15, 0.2) is 5.75 Å². The maximum atomic E-state index is 13.7. The lowest BCUT2D eigenvalue weighted by atomic mass is 10.3. The van der Waals surface area contributed by atoms with Crippen molar-refractivity contribution in [2.45, 2.75) is 27.1 Å². The van der Waals surface area contributed by atoms with Crippen LogP contribution in [0.2, 0.25) is 0 Å². The summed E-state index contributed by atoms with van der Waals surface area (Å²) in [5.74, 6) is -11.6. The SMILES string of the molecule is O=C(O)CS(=O)(=O)c1c([N+](=O)[O-])cc(S(=O)(=O)C(F)(F)C(F)(F)C(F)(F)F)cc1[N+](=O)[O-]. The highest BCUT2D eigenvalue weighted by Gasteiger charge is 2.78. The number of aliphatic carboxylic acids is 1. The Morgan fingerprint density at radius 3 is 1.56 bits per heavy atom. The predicted molar refractivity (Wildman–Crippen MR) is 82.6 cm³/mol. The van der Waals surface area contributed by atoms with Gasteiger partial charge in [0.2, 0.25) is 14.7 Å². The summed E-state index contributed by atoms with van der Waals surface area (Å²) in [7, 11) is -12.9. The molecule has 0 spiro atoms. The largest absolute Gasteiger partial charge is 0.480 e. The Bertz CT molecular complexity index is 1170. The highest BCUT2D eigenvalue weighted by molar-refractivity contribution is 7.93. The van der Waals surface area contributed by atoms with Crippen LogP contribution < -0.4 is 0 Å². The summed E-state index contributed by atoms with van der Waals surface area (Å²) in [6.45, 7) is 0. The molecule has 0 aromatic heterocycles. The lowest BCUT2D eigenvalue weighted by molar-refractivity contribution is -0.400. The molecule has 0 saturated carbocycles. The molecule has 0 amide bonds. The molecule has 0 bridgehead atoms. The van der Waals surface area contributed by atoms with E-state index in [0.29, 0.717) is 0 Å². The summed E-state index contributed by atoms with van der Waals surface area (Å²) >= 11 is 0. The number of carboxylic acid groups (broad SMARTS) is 1. The molecule has 0 heterocycles. The molecule has 21 heteroatoms. The van der Waals surface area contributed by atoms with E-state index in [4.69, 9.17) is 5.11 Å². The van der Waals surface area contributed by atoms with Crippen LogP contribution in [0.5, 0.6) is 0 Å². The van der Waals surface area contributed by atoms with Gasteiger partial charge in [-0.2, -0.15) is 30.7 Å². The van der Waals surface area contributed by atoms with E-state index >= 15 is 0 Å². The van der Waals surface area contributed by atoms with Gasteiger partial charge in [0.05, 0.1) is 14.7 Å². The van der Waals surface area contributed by atoms with E-state index in [2.05, 4.69) is 0 Å². The Hall–Kier alpha value is -3.10. The number of halogens is 7. The Balaban J connectivity index is 4.11. The molecule has 0 atom stereocenters. The van der Waals surface area contributed by atoms with Gasteiger partial charge in [-0.1, -0.05) is 0 Å². The van der Waals surface area contributed by atoms with Gasteiger partial charge in [-0.3, -0.25) is 25.0 Å². The summed E-state index contributed by atoms with van der Waals surface area (Å²) in [4.78, 5) is 24.2. The first-order valence-electron chi connectivity index (χ1n) is 7.00. The van der Waals surface area contributed by atoms with Gasteiger partial charge in [0, 0.05) is 12.1 Å². The highest BCUT2D eigenvalue weighted by atomic mass is 32.2. The summed E-state index contributed by atoms with van der Waals surface area (Å²) < 4.78 is 138. The molecule has 1 rings (SSSR count). The number of nitrogens with zero attached hydrogens (tertiary/aromatic N) is 2. The molecule has 12 nitrogen and oxygen atoms in total. The first-order chi connectivity index (χ1) is 14.0. The topological polar surface area (TPSA) is 192 Å². The summed E-state index contributed by atoms with van der Waals surface area (Å²) in [5.41, 5.74) is -4.49. The number of nitro benzene ring substituents is 2. The average Bonchev–Trinajstić information content (AvgIpc) is 2.57. The number of hydrogen-bond acceptors (Lipinski definition) is 9. The fourth-order valence-electron chi connectivity index (χ4n) is 2.03. The number of rotatable bonds is 8. The number of sulfone groups is 2. The van der Waals surface area contributed by atoms with Crippen molar-refractivity contribution in [2.24, 2.45) is 0 Å². The molecule has 32 heavy (non-hydrogen) atoms. The van der Waals surface area contributed by atoms with Crippen LogP contribution in [-0.4, -0.2) is 60.9 Å². The maximum Gasteiger partial charge on any atom is 0.461 e. The van der Waals surface area contributed by atoms with E-state index in [1.807, 2.05) is 0 Å². The van der Waals surface area contributed by atoms with E-state index in [1.54, 1.807) is 0 Å². The predicted octanol–water partition coefficient (Wildman–Crippen LogP) is 1.93. The van der Waals surface area contributed by atoms with Crippen LogP contribution in [0, 0.1) is 20.2 Å². The highest BCUT2D eigenvalue weighted by Crippen LogP contribution is 2.51. The van der Waals surface area contributed by atoms with Gasteiger partial charge in [-0.05, 0) is 0 Å². The Morgan fingerprint density at radius 2 is 1.28 bits per heavy atom. The zero-order chi connectivity index (χ0) is 25.7. The van der Waals surface area contributed by atoms with Crippen LogP contribution in [0.3, 0.4) is 0 Å². The van der Waals surface area contributed by atoms with E-state index in [9.17, 15) is 72.6 Å². The number of alkyl halides is 7. The lowest BCUT2D eigenvalue weighted by Gasteiger charge is -2.27. The minimum Gasteiger partial charge on any atom is -0.480 e. The van der Waals surface area contributed by atoms with Crippen molar-refractivity contribution < 1.29 is 67.3 Å². The third-order valence-corrected chi connectivity index (χ3v) is 6.87. The third kappa shape index (κ3) is 4.28. The minimum absolute atomic E-state index is 0.753. The number of nitro groups is 2. The third-order valence-electron chi connectivity index (χ3n) is 3.41. The quantitative estimate of drug-likeness (QED) is 0.300. The van der Waals surface area contributed by atoms with Crippen molar-refractivity contribution in [3.8, 4) is 0 Å².